The third-order valence-electron chi connectivity index (χ3n) is 6.57. The minimum atomic E-state index is -1.35. The van der Waals surface area contributed by atoms with Gasteiger partial charge in [-0.1, -0.05) is 13.8 Å². The van der Waals surface area contributed by atoms with Gasteiger partial charge in [-0.2, -0.15) is 0 Å². The lowest BCUT2D eigenvalue weighted by molar-refractivity contribution is -0.144. The summed E-state index contributed by atoms with van der Waals surface area (Å²) in [4.78, 5) is 55.0. The highest BCUT2D eigenvalue weighted by atomic mass is 127. The van der Waals surface area contributed by atoms with Crippen molar-refractivity contribution in [1.29, 1.82) is 0 Å². The summed E-state index contributed by atoms with van der Waals surface area (Å²) in [6.07, 6.45) is -0.296. The van der Waals surface area contributed by atoms with Crippen molar-refractivity contribution in [3.63, 3.8) is 0 Å². The summed E-state index contributed by atoms with van der Waals surface area (Å²) in [7, 11) is 0. The Morgan fingerprint density at radius 3 is 2.58 bits per heavy atom. The molecule has 2 aliphatic rings. The van der Waals surface area contributed by atoms with Crippen LogP contribution in [0.2, 0.25) is 0 Å². The summed E-state index contributed by atoms with van der Waals surface area (Å²) >= 11 is 3.02. The molecule has 2 aromatic rings. The van der Waals surface area contributed by atoms with Crippen molar-refractivity contribution < 1.29 is 33.4 Å². The lowest BCUT2D eigenvalue weighted by Gasteiger charge is -2.39. The Morgan fingerprint density at radius 2 is 1.95 bits per heavy atom. The van der Waals surface area contributed by atoms with Gasteiger partial charge in [-0.3, -0.25) is 9.59 Å². The number of anilines is 2. The Balaban J connectivity index is 1.75. The summed E-state index contributed by atoms with van der Waals surface area (Å²) in [5, 5.41) is 16.2. The number of hydrogen-bond acceptors (Lipinski definition) is 7. The lowest BCUT2D eigenvalue weighted by Crippen LogP contribution is -2.60. The fraction of sp³-hybridized carbons (Fsp3) is 0.481. The Labute approximate surface area is 249 Å². The molecule has 216 valence electrons. The smallest absolute Gasteiger partial charge is 0.410 e. The van der Waals surface area contributed by atoms with E-state index in [9.17, 15) is 28.7 Å². The molecular weight excluding hydrogens is 654 g/mol. The molecule has 1 saturated heterocycles. The first kappa shape index (κ1) is 30.0. The molecular formula is C27H32FIN4O6S. The molecule has 4 rings (SSSR count). The van der Waals surface area contributed by atoms with E-state index in [1.54, 1.807) is 32.9 Å². The summed E-state index contributed by atoms with van der Waals surface area (Å²) in [5.41, 5.74) is -0.419. The fourth-order valence-corrected chi connectivity index (χ4v) is 6.25. The van der Waals surface area contributed by atoms with Gasteiger partial charge in [-0.05, 0) is 79.0 Å². The van der Waals surface area contributed by atoms with Gasteiger partial charge in [-0.25, -0.2) is 14.0 Å². The van der Waals surface area contributed by atoms with Crippen molar-refractivity contribution in [3.05, 3.63) is 43.6 Å². The van der Waals surface area contributed by atoms with E-state index >= 15 is 0 Å². The number of carbonyl (C=O) groups is 4. The highest BCUT2D eigenvalue weighted by Gasteiger charge is 2.42. The number of piperazine rings is 1. The molecule has 40 heavy (non-hydrogen) atoms. The van der Waals surface area contributed by atoms with Gasteiger partial charge >= 0.3 is 12.1 Å². The maximum atomic E-state index is 14.8. The molecule has 0 radical (unpaired) electrons. The van der Waals surface area contributed by atoms with Crippen LogP contribution in [0.25, 0.3) is 0 Å². The first-order chi connectivity index (χ1) is 18.6. The standard InChI is InChI=1S/C27H32FIN4O6S/c1-26(2,3)39-25(38)32-8-9-33(18(12-32)24(36)37)23(35)19-15-11-27(4,5)13-30-21(34)20(15)40-22(19)31-17-7-6-14(29)10-16(17)28/h6-7,10,18,31H,8-9,11-13H2,1-5H3,(H,30,34)(H,36,37)/t18-/m0/s1. The fourth-order valence-electron chi connectivity index (χ4n) is 4.66. The highest BCUT2D eigenvalue weighted by molar-refractivity contribution is 14.1. The molecule has 1 aromatic heterocycles. The van der Waals surface area contributed by atoms with Gasteiger partial charge in [0.25, 0.3) is 11.8 Å². The number of carboxylic acids is 1. The largest absolute Gasteiger partial charge is 0.480 e. The molecule has 10 nitrogen and oxygen atoms in total. The molecule has 1 atom stereocenters. The van der Waals surface area contributed by atoms with E-state index in [0.717, 1.165) is 11.3 Å². The van der Waals surface area contributed by atoms with Crippen molar-refractivity contribution >= 4 is 68.5 Å². The van der Waals surface area contributed by atoms with E-state index in [0.29, 0.717) is 27.0 Å². The zero-order valence-corrected chi connectivity index (χ0v) is 25.9. The SMILES string of the molecule is CC1(C)CNC(=O)c2sc(Nc3ccc(I)cc3F)c(C(=O)N3CCN(C(=O)OC(C)(C)C)C[C@H]3C(=O)O)c2C1. The average molecular weight is 687 g/mol. The van der Waals surface area contributed by atoms with Gasteiger partial charge in [0.15, 0.2) is 0 Å². The van der Waals surface area contributed by atoms with Crippen LogP contribution < -0.4 is 10.6 Å². The molecule has 0 spiro atoms. The second-order valence-electron chi connectivity index (χ2n) is 11.7. The van der Waals surface area contributed by atoms with Crippen LogP contribution in [-0.4, -0.2) is 76.6 Å². The number of carboxylic acid groups (broad SMARTS) is 1. The van der Waals surface area contributed by atoms with E-state index in [2.05, 4.69) is 10.6 Å². The maximum absolute atomic E-state index is 14.8. The van der Waals surface area contributed by atoms with Crippen LogP contribution in [-0.2, 0) is 16.0 Å². The zero-order chi connectivity index (χ0) is 29.6. The number of nitrogens with one attached hydrogen (secondary N) is 2. The van der Waals surface area contributed by atoms with E-state index in [4.69, 9.17) is 4.74 Å². The second-order valence-corrected chi connectivity index (χ2v) is 13.9. The zero-order valence-electron chi connectivity index (χ0n) is 22.9. The van der Waals surface area contributed by atoms with Gasteiger partial charge in [0, 0.05) is 23.2 Å². The van der Waals surface area contributed by atoms with Crippen LogP contribution >= 0.6 is 33.9 Å². The van der Waals surface area contributed by atoms with Crippen molar-refractivity contribution in [1.82, 2.24) is 15.1 Å². The Bertz CT molecular complexity index is 1370. The lowest BCUT2D eigenvalue weighted by atomic mass is 9.85. The molecule has 1 fully saturated rings. The molecule has 0 unspecified atom stereocenters. The molecule has 3 amide bonds. The first-order valence-corrected chi connectivity index (χ1v) is 14.6. The highest BCUT2D eigenvalue weighted by Crippen LogP contribution is 2.41. The van der Waals surface area contributed by atoms with Crippen LogP contribution in [0, 0.1) is 14.8 Å². The molecule has 0 aliphatic carbocycles. The third-order valence-corrected chi connectivity index (χ3v) is 8.38. The molecule has 0 bridgehead atoms. The van der Waals surface area contributed by atoms with Crippen molar-refractivity contribution in [2.24, 2.45) is 5.41 Å². The predicted molar refractivity (Wildman–Crippen MR) is 157 cm³/mol. The Kier molecular flexibility index (Phi) is 8.37. The van der Waals surface area contributed by atoms with Crippen molar-refractivity contribution in [3.8, 4) is 0 Å². The van der Waals surface area contributed by atoms with Gasteiger partial charge in [-0.15, -0.1) is 11.3 Å². The molecule has 3 heterocycles. The van der Waals surface area contributed by atoms with Crippen LogP contribution in [0.15, 0.2) is 18.2 Å². The van der Waals surface area contributed by atoms with Crippen LogP contribution in [0.3, 0.4) is 0 Å². The van der Waals surface area contributed by atoms with Crippen LogP contribution in [0.4, 0.5) is 19.9 Å². The normalized spacial score (nSPS) is 18.9. The molecule has 1 aromatic carbocycles. The third kappa shape index (κ3) is 6.51. The number of nitrogens with zero attached hydrogens (tertiary/aromatic N) is 2. The predicted octanol–water partition coefficient (Wildman–Crippen LogP) is 4.69. The van der Waals surface area contributed by atoms with E-state index in [-0.39, 0.29) is 41.8 Å². The van der Waals surface area contributed by atoms with E-state index < -0.39 is 40.8 Å². The van der Waals surface area contributed by atoms with E-state index in [1.807, 2.05) is 36.4 Å². The molecule has 3 N–H and O–H groups in total. The second kappa shape index (κ2) is 11.1. The monoisotopic (exact) mass is 686 g/mol. The number of rotatable bonds is 4. The first-order valence-electron chi connectivity index (χ1n) is 12.7. The number of benzene rings is 1. The quantitative estimate of drug-likeness (QED) is 0.399. The minimum Gasteiger partial charge on any atom is -0.480 e. The molecule has 0 saturated carbocycles. The summed E-state index contributed by atoms with van der Waals surface area (Å²) < 4.78 is 20.9. The number of amides is 3. The summed E-state index contributed by atoms with van der Waals surface area (Å²) in [6, 6.07) is 3.24. The topological polar surface area (TPSA) is 128 Å². The maximum Gasteiger partial charge on any atom is 0.410 e. The number of fused-ring (bicyclic) bond motifs is 1. The number of thiophene rings is 1. The van der Waals surface area contributed by atoms with E-state index in [1.165, 1.54) is 15.9 Å². The summed E-state index contributed by atoms with van der Waals surface area (Å²) in [6.45, 7) is 9.19. The van der Waals surface area contributed by atoms with Gasteiger partial charge in [0.05, 0.1) is 22.7 Å². The number of carbonyl (C=O) groups excluding carboxylic acids is 3. The number of aliphatic carboxylic acids is 1. The summed E-state index contributed by atoms with van der Waals surface area (Å²) in [5.74, 6) is -2.76. The van der Waals surface area contributed by atoms with Crippen LogP contribution in [0.5, 0.6) is 0 Å². The van der Waals surface area contributed by atoms with Gasteiger partial charge in [0.1, 0.15) is 22.5 Å². The number of ether oxygens (including phenoxy) is 1. The number of hydrogen-bond donors (Lipinski definition) is 3. The van der Waals surface area contributed by atoms with Crippen LogP contribution in [0.1, 0.15) is 60.2 Å². The van der Waals surface area contributed by atoms with Gasteiger partial charge < -0.3 is 30.3 Å². The Hall–Kier alpha value is -2.94. The minimum absolute atomic E-state index is 0.0629. The van der Waals surface area contributed by atoms with Crippen molar-refractivity contribution in [2.75, 3.05) is 31.5 Å². The van der Waals surface area contributed by atoms with Gasteiger partial charge in [0.2, 0.25) is 0 Å². The van der Waals surface area contributed by atoms with Crippen molar-refractivity contribution in [2.45, 2.75) is 52.7 Å². The average Bonchev–Trinajstić information content (AvgIpc) is 3.13. The number of halogens is 2. The Morgan fingerprint density at radius 1 is 1.25 bits per heavy atom. The molecule has 2 aliphatic heterocycles. The molecule has 13 heteroatoms.